The molecule has 1 N–H and O–H groups in total. The Morgan fingerprint density at radius 3 is 2.59 bits per heavy atom. The zero-order valence-electron chi connectivity index (χ0n) is 9.97. The van der Waals surface area contributed by atoms with Gasteiger partial charge in [-0.05, 0) is 0 Å². The topological polar surface area (TPSA) is 69.7 Å². The third-order valence-electron chi connectivity index (χ3n) is 2.63. The Morgan fingerprint density at radius 1 is 1.47 bits per heavy atom. The highest BCUT2D eigenvalue weighted by Gasteiger charge is 2.29. The highest BCUT2D eigenvalue weighted by Crippen LogP contribution is 2.04. The van der Waals surface area contributed by atoms with Crippen molar-refractivity contribution in [2.45, 2.75) is 13.0 Å². The van der Waals surface area contributed by atoms with E-state index in [-0.39, 0.29) is 30.0 Å². The lowest BCUT2D eigenvalue weighted by atomic mass is 10.2. The number of likely N-dealkylation sites (N-methyl/N-ethyl adjacent to an activating group) is 1. The molecule has 1 atom stereocenters. The van der Waals surface area contributed by atoms with Gasteiger partial charge in [-0.15, -0.1) is 0 Å². The summed E-state index contributed by atoms with van der Waals surface area (Å²) in [7, 11) is 1.70. The van der Waals surface area contributed by atoms with E-state index in [1.807, 2.05) is 0 Å². The summed E-state index contributed by atoms with van der Waals surface area (Å²) in [5.74, 6) is -0.404. The summed E-state index contributed by atoms with van der Waals surface area (Å²) >= 11 is 4.03. The predicted molar refractivity (Wildman–Crippen MR) is 65.7 cm³/mol. The van der Waals surface area contributed by atoms with Gasteiger partial charge in [-0.25, -0.2) is 0 Å². The lowest BCUT2D eigenvalue weighted by Crippen LogP contribution is -2.56. The maximum absolute atomic E-state index is 12.0. The molecule has 6 nitrogen and oxygen atoms in total. The molecule has 1 unspecified atom stereocenters. The highest BCUT2D eigenvalue weighted by atomic mass is 32.1. The number of carbonyl (C=O) groups is 3. The highest BCUT2D eigenvalue weighted by molar-refractivity contribution is 7.80. The van der Waals surface area contributed by atoms with Gasteiger partial charge < -0.3 is 15.1 Å². The lowest BCUT2D eigenvalue weighted by Gasteiger charge is -2.33. The molecule has 0 spiro atoms. The van der Waals surface area contributed by atoms with Gasteiger partial charge in [0.05, 0.1) is 6.54 Å². The molecular weight excluding hydrogens is 242 g/mol. The van der Waals surface area contributed by atoms with Crippen molar-refractivity contribution in [3.05, 3.63) is 0 Å². The number of amides is 3. The maximum Gasteiger partial charge on any atom is 0.246 e. The van der Waals surface area contributed by atoms with E-state index in [9.17, 15) is 14.4 Å². The second kappa shape index (κ2) is 5.90. The quantitative estimate of drug-likeness (QED) is 0.620. The first kappa shape index (κ1) is 13.8. The number of thiol groups is 1. The molecule has 17 heavy (non-hydrogen) atoms. The van der Waals surface area contributed by atoms with E-state index in [4.69, 9.17) is 0 Å². The predicted octanol–water partition coefficient (Wildman–Crippen LogP) is -1.28. The molecule has 0 bridgehead atoms. The van der Waals surface area contributed by atoms with E-state index in [1.54, 1.807) is 11.9 Å². The van der Waals surface area contributed by atoms with Gasteiger partial charge in [-0.2, -0.15) is 12.6 Å². The van der Waals surface area contributed by atoms with Gasteiger partial charge in [0, 0.05) is 32.8 Å². The van der Waals surface area contributed by atoms with Gasteiger partial charge in [0.2, 0.25) is 17.7 Å². The molecule has 7 heteroatoms. The summed E-state index contributed by atoms with van der Waals surface area (Å²) in [4.78, 5) is 37.4. The van der Waals surface area contributed by atoms with Crippen LogP contribution in [0.3, 0.4) is 0 Å². The van der Waals surface area contributed by atoms with E-state index in [0.29, 0.717) is 13.1 Å². The SMILES string of the molecule is CC(=O)NC(CS)C(=O)N1CCN(C)C(=O)C1. The lowest BCUT2D eigenvalue weighted by molar-refractivity contribution is -0.145. The Labute approximate surface area is 106 Å². The Morgan fingerprint density at radius 2 is 2.12 bits per heavy atom. The van der Waals surface area contributed by atoms with Crippen molar-refractivity contribution in [1.82, 2.24) is 15.1 Å². The molecule has 1 aliphatic rings. The molecular formula is C10H17N3O3S. The van der Waals surface area contributed by atoms with E-state index >= 15 is 0 Å². The smallest absolute Gasteiger partial charge is 0.246 e. The molecule has 1 fully saturated rings. The number of nitrogens with one attached hydrogen (secondary N) is 1. The van der Waals surface area contributed by atoms with Crippen LogP contribution in [0.15, 0.2) is 0 Å². The summed E-state index contributed by atoms with van der Waals surface area (Å²) in [5.41, 5.74) is 0. The fourth-order valence-electron chi connectivity index (χ4n) is 1.60. The largest absolute Gasteiger partial charge is 0.344 e. The second-order valence-corrected chi connectivity index (χ2v) is 4.38. The minimum atomic E-state index is -0.660. The van der Waals surface area contributed by atoms with Crippen LogP contribution in [-0.4, -0.2) is 66.0 Å². The number of hydrogen-bond donors (Lipinski definition) is 2. The zero-order chi connectivity index (χ0) is 13.0. The number of nitrogens with zero attached hydrogens (tertiary/aromatic N) is 2. The van der Waals surface area contributed by atoms with Crippen LogP contribution in [0.1, 0.15) is 6.92 Å². The van der Waals surface area contributed by atoms with E-state index in [0.717, 1.165) is 0 Å². The van der Waals surface area contributed by atoms with Crippen LogP contribution in [0.2, 0.25) is 0 Å². The first-order valence-corrected chi connectivity index (χ1v) is 5.99. The minimum Gasteiger partial charge on any atom is -0.344 e. The van der Waals surface area contributed by atoms with Crippen molar-refractivity contribution < 1.29 is 14.4 Å². The fraction of sp³-hybridized carbons (Fsp3) is 0.700. The third-order valence-corrected chi connectivity index (χ3v) is 2.99. The minimum absolute atomic E-state index is 0.0686. The Bertz CT molecular complexity index is 335. The molecule has 0 radical (unpaired) electrons. The molecule has 3 amide bonds. The Hall–Kier alpha value is -1.24. The van der Waals surface area contributed by atoms with Gasteiger partial charge in [0.1, 0.15) is 6.04 Å². The van der Waals surface area contributed by atoms with Gasteiger partial charge in [-0.1, -0.05) is 0 Å². The molecule has 0 saturated carbocycles. The summed E-state index contributed by atoms with van der Waals surface area (Å²) < 4.78 is 0. The molecule has 1 saturated heterocycles. The van der Waals surface area contributed by atoms with Gasteiger partial charge in [-0.3, -0.25) is 14.4 Å². The zero-order valence-corrected chi connectivity index (χ0v) is 10.9. The van der Waals surface area contributed by atoms with Crippen LogP contribution in [0, 0.1) is 0 Å². The van der Waals surface area contributed by atoms with Crippen LogP contribution >= 0.6 is 12.6 Å². The average Bonchev–Trinajstić information content (AvgIpc) is 2.28. The molecule has 0 aromatic carbocycles. The number of piperazine rings is 1. The van der Waals surface area contributed by atoms with Crippen molar-refractivity contribution in [2.75, 3.05) is 32.4 Å². The monoisotopic (exact) mass is 259 g/mol. The molecule has 1 heterocycles. The number of hydrogen-bond acceptors (Lipinski definition) is 4. The summed E-state index contributed by atoms with van der Waals surface area (Å²) in [6.45, 7) is 2.42. The van der Waals surface area contributed by atoms with Crippen molar-refractivity contribution in [3.63, 3.8) is 0 Å². The van der Waals surface area contributed by atoms with Crippen LogP contribution in [0.4, 0.5) is 0 Å². The molecule has 0 aromatic heterocycles. The van der Waals surface area contributed by atoms with Gasteiger partial charge in [0.15, 0.2) is 0 Å². The molecule has 0 aromatic rings. The van der Waals surface area contributed by atoms with Crippen LogP contribution < -0.4 is 5.32 Å². The normalized spacial score (nSPS) is 17.9. The average molecular weight is 259 g/mol. The van der Waals surface area contributed by atoms with Crippen molar-refractivity contribution in [2.24, 2.45) is 0 Å². The fourth-order valence-corrected chi connectivity index (χ4v) is 1.85. The van der Waals surface area contributed by atoms with Crippen LogP contribution in [0.5, 0.6) is 0 Å². The second-order valence-electron chi connectivity index (χ2n) is 4.01. The van der Waals surface area contributed by atoms with Crippen LogP contribution in [0.25, 0.3) is 0 Å². The number of rotatable bonds is 3. The molecule has 1 rings (SSSR count). The third kappa shape index (κ3) is 3.62. The van der Waals surface area contributed by atoms with E-state index in [2.05, 4.69) is 17.9 Å². The molecule has 1 aliphatic heterocycles. The summed E-state index contributed by atoms with van der Waals surface area (Å²) in [5, 5.41) is 2.52. The Kier molecular flexibility index (Phi) is 4.80. The molecule has 96 valence electrons. The standard InChI is InChI=1S/C10H17N3O3S/c1-7(14)11-8(6-17)10(16)13-4-3-12(2)9(15)5-13/h8,17H,3-6H2,1-2H3,(H,11,14). The summed E-state index contributed by atoms with van der Waals surface area (Å²) in [6.07, 6.45) is 0. The maximum atomic E-state index is 12.0. The van der Waals surface area contributed by atoms with Gasteiger partial charge in [0.25, 0.3) is 0 Å². The molecule has 0 aliphatic carbocycles. The van der Waals surface area contributed by atoms with Crippen molar-refractivity contribution in [3.8, 4) is 0 Å². The van der Waals surface area contributed by atoms with Crippen molar-refractivity contribution in [1.29, 1.82) is 0 Å². The van der Waals surface area contributed by atoms with Gasteiger partial charge >= 0.3 is 0 Å². The first-order chi connectivity index (χ1) is 7.95. The van der Waals surface area contributed by atoms with E-state index < -0.39 is 6.04 Å². The van der Waals surface area contributed by atoms with E-state index in [1.165, 1.54) is 11.8 Å². The summed E-state index contributed by atoms with van der Waals surface area (Å²) in [6, 6.07) is -0.660. The number of carbonyl (C=O) groups excluding carboxylic acids is 3. The first-order valence-electron chi connectivity index (χ1n) is 5.36. The van der Waals surface area contributed by atoms with Crippen molar-refractivity contribution >= 4 is 30.4 Å². The Balaban J connectivity index is 2.62. The van der Waals surface area contributed by atoms with Crippen LogP contribution in [-0.2, 0) is 14.4 Å².